The minimum Gasteiger partial charge on any atom is -0.330 e. The number of hydrogen-bond acceptors (Lipinski definition) is 3. The van der Waals surface area contributed by atoms with Crippen molar-refractivity contribution in [3.8, 4) is 0 Å². The quantitative estimate of drug-likeness (QED) is 0.851. The lowest BCUT2D eigenvalue weighted by atomic mass is 9.89. The first kappa shape index (κ1) is 19.1. The molecule has 0 saturated heterocycles. The lowest BCUT2D eigenvalue weighted by molar-refractivity contribution is -0.114. The lowest BCUT2D eigenvalue weighted by Crippen LogP contribution is -2.51. The molecule has 0 heterocycles. The average molecular weight is 365 g/mol. The molecule has 142 valence electrons. The van der Waals surface area contributed by atoms with Crippen LogP contribution in [-0.4, -0.2) is 28.8 Å². The standard InChI is InChI=1S/C22H27N3O2/c1-16(26)24-19-13-11-17(12-14-19)15-25(21-10-6-5-9-20(21)23)22(27)18-7-3-2-4-8-18/h2-4,7-8,11-14,20-21H,5-6,9-10,15,23H2,1H3,(H,24,26). The summed E-state index contributed by atoms with van der Waals surface area (Å²) >= 11 is 0. The zero-order chi connectivity index (χ0) is 19.2. The first-order chi connectivity index (χ1) is 13.0. The summed E-state index contributed by atoms with van der Waals surface area (Å²) in [7, 11) is 0. The van der Waals surface area contributed by atoms with E-state index < -0.39 is 0 Å². The topological polar surface area (TPSA) is 75.4 Å². The maximum atomic E-state index is 13.2. The van der Waals surface area contributed by atoms with Crippen LogP contribution >= 0.6 is 0 Å². The fourth-order valence-electron chi connectivity index (χ4n) is 3.71. The maximum Gasteiger partial charge on any atom is 0.254 e. The molecule has 0 aliphatic heterocycles. The molecular weight excluding hydrogens is 338 g/mol. The predicted octanol–water partition coefficient (Wildman–Crippen LogP) is 3.56. The highest BCUT2D eigenvalue weighted by Gasteiger charge is 2.31. The number of nitrogens with one attached hydrogen (secondary N) is 1. The molecule has 0 aromatic heterocycles. The number of carbonyl (C=O) groups excluding carboxylic acids is 2. The Morgan fingerprint density at radius 2 is 1.70 bits per heavy atom. The third-order valence-corrected chi connectivity index (χ3v) is 5.09. The normalized spacial score (nSPS) is 19.3. The average Bonchev–Trinajstić information content (AvgIpc) is 2.68. The van der Waals surface area contributed by atoms with E-state index >= 15 is 0 Å². The van der Waals surface area contributed by atoms with Crippen molar-refractivity contribution in [2.24, 2.45) is 5.73 Å². The predicted molar refractivity (Wildman–Crippen MR) is 107 cm³/mol. The summed E-state index contributed by atoms with van der Waals surface area (Å²) in [6, 6.07) is 17.1. The summed E-state index contributed by atoms with van der Waals surface area (Å²) in [6.45, 7) is 1.99. The second-order valence-corrected chi connectivity index (χ2v) is 7.19. The van der Waals surface area contributed by atoms with Gasteiger partial charge >= 0.3 is 0 Å². The molecule has 0 spiro atoms. The zero-order valence-electron chi connectivity index (χ0n) is 15.7. The monoisotopic (exact) mass is 365 g/mol. The van der Waals surface area contributed by atoms with Crippen molar-refractivity contribution in [1.29, 1.82) is 0 Å². The van der Waals surface area contributed by atoms with E-state index in [2.05, 4.69) is 5.32 Å². The van der Waals surface area contributed by atoms with Gasteiger partial charge in [-0.2, -0.15) is 0 Å². The largest absolute Gasteiger partial charge is 0.330 e. The van der Waals surface area contributed by atoms with Gasteiger partial charge in [-0.05, 0) is 42.7 Å². The van der Waals surface area contributed by atoms with Gasteiger partial charge in [0, 0.05) is 36.8 Å². The number of nitrogens with two attached hydrogens (primary N) is 1. The minimum absolute atomic E-state index is 0.00469. The van der Waals surface area contributed by atoms with Gasteiger partial charge in [-0.15, -0.1) is 0 Å². The van der Waals surface area contributed by atoms with Crippen LogP contribution in [0.1, 0.15) is 48.5 Å². The molecule has 2 unspecified atom stereocenters. The number of nitrogens with zero attached hydrogens (tertiary/aromatic N) is 1. The van der Waals surface area contributed by atoms with Crippen molar-refractivity contribution in [2.45, 2.75) is 51.2 Å². The molecule has 5 nitrogen and oxygen atoms in total. The summed E-state index contributed by atoms with van der Waals surface area (Å²) in [5.41, 5.74) is 8.84. The molecule has 3 N–H and O–H groups in total. The Bertz CT molecular complexity index is 774. The van der Waals surface area contributed by atoms with E-state index in [4.69, 9.17) is 5.73 Å². The molecule has 2 atom stereocenters. The highest BCUT2D eigenvalue weighted by molar-refractivity contribution is 5.94. The molecule has 0 radical (unpaired) electrons. The maximum absolute atomic E-state index is 13.2. The molecule has 1 saturated carbocycles. The minimum atomic E-state index is -0.100. The number of hydrogen-bond donors (Lipinski definition) is 2. The van der Waals surface area contributed by atoms with Crippen LogP contribution in [0, 0.1) is 0 Å². The molecule has 1 fully saturated rings. The molecule has 1 aliphatic rings. The van der Waals surface area contributed by atoms with E-state index in [1.807, 2.05) is 59.5 Å². The summed E-state index contributed by atoms with van der Waals surface area (Å²) in [5.74, 6) is -0.0827. The summed E-state index contributed by atoms with van der Waals surface area (Å²) < 4.78 is 0. The molecular formula is C22H27N3O2. The van der Waals surface area contributed by atoms with Crippen LogP contribution < -0.4 is 11.1 Å². The third-order valence-electron chi connectivity index (χ3n) is 5.09. The summed E-state index contributed by atoms with van der Waals surface area (Å²) in [5, 5.41) is 2.76. The van der Waals surface area contributed by atoms with Crippen molar-refractivity contribution in [1.82, 2.24) is 4.90 Å². The molecule has 2 aromatic rings. The van der Waals surface area contributed by atoms with Crippen molar-refractivity contribution in [3.05, 3.63) is 65.7 Å². The van der Waals surface area contributed by atoms with Crippen LogP contribution in [0.4, 0.5) is 5.69 Å². The Hall–Kier alpha value is -2.66. The molecule has 1 aliphatic carbocycles. The van der Waals surface area contributed by atoms with E-state index in [0.717, 1.165) is 36.9 Å². The van der Waals surface area contributed by atoms with Gasteiger partial charge in [-0.3, -0.25) is 9.59 Å². The number of amides is 2. The van der Waals surface area contributed by atoms with E-state index in [9.17, 15) is 9.59 Å². The van der Waals surface area contributed by atoms with Gasteiger partial charge in [-0.1, -0.05) is 43.2 Å². The van der Waals surface area contributed by atoms with E-state index in [0.29, 0.717) is 12.1 Å². The molecule has 2 aromatic carbocycles. The number of anilines is 1. The van der Waals surface area contributed by atoms with Gasteiger partial charge < -0.3 is 16.0 Å². The first-order valence-corrected chi connectivity index (χ1v) is 9.53. The van der Waals surface area contributed by atoms with Crippen molar-refractivity contribution in [2.75, 3.05) is 5.32 Å². The van der Waals surface area contributed by atoms with Crippen LogP contribution in [0.25, 0.3) is 0 Å². The van der Waals surface area contributed by atoms with Crippen LogP contribution in [0.3, 0.4) is 0 Å². The smallest absolute Gasteiger partial charge is 0.254 e. The highest BCUT2D eigenvalue weighted by Crippen LogP contribution is 2.25. The Balaban J connectivity index is 1.83. The second-order valence-electron chi connectivity index (χ2n) is 7.19. The van der Waals surface area contributed by atoms with Gasteiger partial charge in [0.2, 0.25) is 5.91 Å². The van der Waals surface area contributed by atoms with E-state index in [-0.39, 0.29) is 23.9 Å². The Morgan fingerprint density at radius 1 is 1.04 bits per heavy atom. The molecule has 27 heavy (non-hydrogen) atoms. The van der Waals surface area contributed by atoms with Crippen LogP contribution in [0.2, 0.25) is 0 Å². The lowest BCUT2D eigenvalue weighted by Gasteiger charge is -2.38. The Labute approximate surface area is 160 Å². The van der Waals surface area contributed by atoms with Gasteiger partial charge in [0.1, 0.15) is 0 Å². The van der Waals surface area contributed by atoms with Crippen molar-refractivity contribution < 1.29 is 9.59 Å². The van der Waals surface area contributed by atoms with Gasteiger partial charge in [0.05, 0.1) is 0 Å². The van der Waals surface area contributed by atoms with E-state index in [1.54, 1.807) is 0 Å². The molecule has 2 amide bonds. The highest BCUT2D eigenvalue weighted by atomic mass is 16.2. The summed E-state index contributed by atoms with van der Waals surface area (Å²) in [6.07, 6.45) is 4.10. The van der Waals surface area contributed by atoms with Gasteiger partial charge in [-0.25, -0.2) is 0 Å². The number of rotatable bonds is 5. The summed E-state index contributed by atoms with van der Waals surface area (Å²) in [4.78, 5) is 26.3. The van der Waals surface area contributed by atoms with Crippen LogP contribution in [0.15, 0.2) is 54.6 Å². The number of benzene rings is 2. The van der Waals surface area contributed by atoms with Crippen LogP contribution in [0.5, 0.6) is 0 Å². The first-order valence-electron chi connectivity index (χ1n) is 9.53. The Kier molecular flexibility index (Phi) is 6.24. The number of carbonyl (C=O) groups is 2. The van der Waals surface area contributed by atoms with Crippen LogP contribution in [-0.2, 0) is 11.3 Å². The van der Waals surface area contributed by atoms with Gasteiger partial charge in [0.25, 0.3) is 5.91 Å². The van der Waals surface area contributed by atoms with Gasteiger partial charge in [0.15, 0.2) is 0 Å². The third kappa shape index (κ3) is 4.95. The van der Waals surface area contributed by atoms with Crippen molar-refractivity contribution >= 4 is 17.5 Å². The molecule has 0 bridgehead atoms. The molecule has 5 heteroatoms. The van der Waals surface area contributed by atoms with E-state index in [1.165, 1.54) is 6.92 Å². The molecule has 3 rings (SSSR count). The zero-order valence-corrected chi connectivity index (χ0v) is 15.7. The second kappa shape index (κ2) is 8.82. The Morgan fingerprint density at radius 3 is 2.33 bits per heavy atom. The fourth-order valence-corrected chi connectivity index (χ4v) is 3.71. The van der Waals surface area contributed by atoms with Crippen molar-refractivity contribution in [3.63, 3.8) is 0 Å². The SMILES string of the molecule is CC(=O)Nc1ccc(CN(C(=O)c2ccccc2)C2CCCCC2N)cc1. The fraction of sp³-hybridized carbons (Fsp3) is 0.364.